The monoisotopic (exact) mass is 464 g/mol. The van der Waals surface area contributed by atoms with Crippen LogP contribution in [-0.2, 0) is 11.3 Å². The van der Waals surface area contributed by atoms with Crippen LogP contribution in [0.15, 0.2) is 46.0 Å². The molecule has 27 heavy (non-hydrogen) atoms. The Hall–Kier alpha value is -1.90. The Balaban J connectivity index is 1.87. The highest BCUT2D eigenvalue weighted by Gasteiger charge is 2.32. The zero-order chi connectivity index (χ0) is 19.4. The molecule has 0 aliphatic carbocycles. The largest absolute Gasteiger partial charge is 0.492 e. The van der Waals surface area contributed by atoms with Crippen molar-refractivity contribution in [2.45, 2.75) is 13.5 Å². The van der Waals surface area contributed by atoms with E-state index in [1.54, 1.807) is 24.4 Å². The van der Waals surface area contributed by atoms with E-state index in [1.807, 2.05) is 37.3 Å². The van der Waals surface area contributed by atoms with E-state index in [9.17, 15) is 4.79 Å². The molecule has 1 aromatic carbocycles. The highest BCUT2D eigenvalue weighted by molar-refractivity contribution is 9.10. The summed E-state index contributed by atoms with van der Waals surface area (Å²) in [5.74, 6) is 1.13. The molecule has 3 rings (SSSR count). The van der Waals surface area contributed by atoms with Crippen LogP contribution in [0.2, 0.25) is 0 Å². The number of ether oxygens (including phenoxy) is 2. The van der Waals surface area contributed by atoms with Crippen LogP contribution in [0.3, 0.4) is 0 Å². The third-order valence-electron chi connectivity index (χ3n) is 3.77. The molecule has 0 unspecified atom stereocenters. The molecule has 1 fully saturated rings. The predicted molar refractivity (Wildman–Crippen MR) is 115 cm³/mol. The fourth-order valence-corrected chi connectivity index (χ4v) is 4.47. The van der Waals surface area contributed by atoms with Gasteiger partial charge in [-0.3, -0.25) is 14.7 Å². The molecule has 0 saturated carbocycles. The maximum Gasteiger partial charge on any atom is 0.266 e. The van der Waals surface area contributed by atoms with E-state index in [-0.39, 0.29) is 5.91 Å². The van der Waals surface area contributed by atoms with E-state index in [4.69, 9.17) is 21.7 Å². The maximum absolute atomic E-state index is 12.8. The minimum Gasteiger partial charge on any atom is -0.492 e. The molecule has 8 heteroatoms. The molecule has 1 aliphatic heterocycles. The molecule has 0 spiro atoms. The van der Waals surface area contributed by atoms with E-state index in [1.165, 1.54) is 11.8 Å². The molecular formula is C19H17BrN2O3S2. The Labute approximate surface area is 175 Å². The van der Waals surface area contributed by atoms with Gasteiger partial charge in [0.15, 0.2) is 11.5 Å². The Kier molecular flexibility index (Phi) is 6.51. The number of amides is 1. The first-order valence-electron chi connectivity index (χ1n) is 8.18. The molecule has 0 atom stereocenters. The van der Waals surface area contributed by atoms with Crippen LogP contribution in [0.25, 0.3) is 6.08 Å². The molecule has 5 nitrogen and oxygen atoms in total. The summed E-state index contributed by atoms with van der Waals surface area (Å²) in [6.45, 7) is 2.83. The first-order chi connectivity index (χ1) is 13.0. The first-order valence-corrected chi connectivity index (χ1v) is 10.2. The Morgan fingerprint density at radius 1 is 1.41 bits per heavy atom. The van der Waals surface area contributed by atoms with Crippen LogP contribution < -0.4 is 9.47 Å². The molecule has 1 aliphatic rings. The van der Waals surface area contributed by atoms with E-state index in [2.05, 4.69) is 20.9 Å². The number of carbonyl (C=O) groups is 1. The maximum atomic E-state index is 12.8. The number of pyridine rings is 1. The second kappa shape index (κ2) is 8.86. The molecule has 1 aromatic heterocycles. The molecule has 140 valence electrons. The van der Waals surface area contributed by atoms with Crippen molar-refractivity contribution in [1.82, 2.24) is 9.88 Å². The van der Waals surface area contributed by atoms with Gasteiger partial charge in [0.1, 0.15) is 4.32 Å². The number of hydrogen-bond donors (Lipinski definition) is 0. The minimum atomic E-state index is -0.112. The normalized spacial score (nSPS) is 15.5. The first kappa shape index (κ1) is 19.9. The zero-order valence-corrected chi connectivity index (χ0v) is 18.0. The van der Waals surface area contributed by atoms with Crippen molar-refractivity contribution in [3.8, 4) is 11.5 Å². The number of aromatic nitrogens is 1. The number of nitrogens with zero attached hydrogens (tertiary/aromatic N) is 2. The van der Waals surface area contributed by atoms with Crippen molar-refractivity contribution in [3.63, 3.8) is 0 Å². The fraction of sp³-hybridized carbons (Fsp3) is 0.211. The Morgan fingerprint density at radius 2 is 2.22 bits per heavy atom. The molecule has 0 N–H and O–H groups in total. The molecule has 1 saturated heterocycles. The average Bonchev–Trinajstić information content (AvgIpc) is 2.90. The molecule has 0 bridgehead atoms. The van der Waals surface area contributed by atoms with Crippen molar-refractivity contribution in [3.05, 3.63) is 57.2 Å². The van der Waals surface area contributed by atoms with Gasteiger partial charge in [0.25, 0.3) is 5.91 Å². The smallest absolute Gasteiger partial charge is 0.266 e. The van der Waals surface area contributed by atoms with Crippen molar-refractivity contribution < 1.29 is 14.3 Å². The summed E-state index contributed by atoms with van der Waals surface area (Å²) in [6.07, 6.45) is 5.25. The topological polar surface area (TPSA) is 51.7 Å². The van der Waals surface area contributed by atoms with Gasteiger partial charge in [-0.2, -0.15) is 0 Å². The van der Waals surface area contributed by atoms with Gasteiger partial charge in [-0.05, 0) is 58.3 Å². The Morgan fingerprint density at radius 3 is 2.89 bits per heavy atom. The molecule has 2 heterocycles. The van der Waals surface area contributed by atoms with Gasteiger partial charge in [-0.15, -0.1) is 0 Å². The second-order valence-corrected chi connectivity index (χ2v) is 8.13. The molecule has 2 aromatic rings. The van der Waals surface area contributed by atoms with Gasteiger partial charge in [0.2, 0.25) is 0 Å². The third-order valence-corrected chi connectivity index (χ3v) is 5.74. The lowest BCUT2D eigenvalue weighted by atomic mass is 10.1. The van der Waals surface area contributed by atoms with Gasteiger partial charge < -0.3 is 9.47 Å². The van der Waals surface area contributed by atoms with Crippen molar-refractivity contribution in [1.29, 1.82) is 0 Å². The van der Waals surface area contributed by atoms with Gasteiger partial charge in [0, 0.05) is 12.4 Å². The minimum absolute atomic E-state index is 0.112. The van der Waals surface area contributed by atoms with E-state index in [0.29, 0.717) is 33.9 Å². The highest BCUT2D eigenvalue weighted by Crippen LogP contribution is 2.39. The number of halogens is 1. The lowest BCUT2D eigenvalue weighted by molar-refractivity contribution is -0.122. The van der Waals surface area contributed by atoms with Crippen LogP contribution in [0.1, 0.15) is 18.1 Å². The lowest BCUT2D eigenvalue weighted by Gasteiger charge is -2.14. The van der Waals surface area contributed by atoms with Gasteiger partial charge >= 0.3 is 0 Å². The van der Waals surface area contributed by atoms with E-state index in [0.717, 1.165) is 15.6 Å². The Bertz CT molecular complexity index is 903. The van der Waals surface area contributed by atoms with Gasteiger partial charge in [-0.25, -0.2) is 0 Å². The number of thiocarbonyl (C=S) groups is 1. The average molecular weight is 465 g/mol. The van der Waals surface area contributed by atoms with Crippen LogP contribution in [0.4, 0.5) is 0 Å². The number of rotatable bonds is 6. The van der Waals surface area contributed by atoms with Crippen LogP contribution in [-0.4, -0.2) is 33.8 Å². The summed E-state index contributed by atoms with van der Waals surface area (Å²) >= 11 is 10.2. The van der Waals surface area contributed by atoms with E-state index >= 15 is 0 Å². The number of thioether (sulfide) groups is 1. The predicted octanol–water partition coefficient (Wildman–Crippen LogP) is 4.65. The summed E-state index contributed by atoms with van der Waals surface area (Å²) < 4.78 is 12.3. The van der Waals surface area contributed by atoms with Gasteiger partial charge in [0.05, 0.1) is 29.6 Å². The van der Waals surface area contributed by atoms with E-state index < -0.39 is 0 Å². The number of hydrogen-bond acceptors (Lipinski definition) is 6. The quantitative estimate of drug-likeness (QED) is 0.457. The lowest BCUT2D eigenvalue weighted by Crippen LogP contribution is -2.27. The standard InChI is InChI=1S/C19H17BrN2O3S2/c1-3-25-15-8-13(7-14(20)17(15)24-2)9-16-18(23)22(19(26)27-16)11-12-5-4-6-21-10-12/h4-10H,3,11H2,1-2H3. The second-order valence-electron chi connectivity index (χ2n) is 5.60. The molecular weight excluding hydrogens is 448 g/mol. The summed E-state index contributed by atoms with van der Waals surface area (Å²) in [6, 6.07) is 7.49. The SMILES string of the molecule is CCOc1cc(C=C2SC(=S)N(Cc3cccnc3)C2=O)cc(Br)c1OC. The third kappa shape index (κ3) is 4.51. The summed E-state index contributed by atoms with van der Waals surface area (Å²) in [5.41, 5.74) is 1.76. The molecule has 0 radical (unpaired) electrons. The van der Waals surface area contributed by atoms with Crippen LogP contribution >= 0.6 is 39.9 Å². The summed E-state index contributed by atoms with van der Waals surface area (Å²) in [7, 11) is 1.59. The number of methoxy groups -OCH3 is 1. The summed E-state index contributed by atoms with van der Waals surface area (Å²) in [4.78, 5) is 19.0. The van der Waals surface area contributed by atoms with Crippen LogP contribution in [0, 0.1) is 0 Å². The summed E-state index contributed by atoms with van der Waals surface area (Å²) in [5, 5.41) is 0. The van der Waals surface area contributed by atoms with Crippen molar-refractivity contribution in [2.75, 3.05) is 13.7 Å². The number of carbonyl (C=O) groups excluding carboxylic acids is 1. The van der Waals surface area contributed by atoms with Crippen molar-refractivity contribution >= 4 is 56.2 Å². The van der Waals surface area contributed by atoms with Gasteiger partial charge in [-0.1, -0.05) is 30.0 Å². The fourth-order valence-electron chi connectivity index (χ4n) is 2.59. The van der Waals surface area contributed by atoms with Crippen molar-refractivity contribution in [2.24, 2.45) is 0 Å². The van der Waals surface area contributed by atoms with Crippen LogP contribution in [0.5, 0.6) is 11.5 Å². The zero-order valence-electron chi connectivity index (χ0n) is 14.8. The number of benzene rings is 1. The highest BCUT2D eigenvalue weighted by atomic mass is 79.9. The molecule has 1 amide bonds.